The third kappa shape index (κ3) is 5.47. The Kier molecular flexibility index (Phi) is 8.26. The van der Waals surface area contributed by atoms with Gasteiger partial charge in [0.15, 0.2) is 0 Å². The van der Waals surface area contributed by atoms with Gasteiger partial charge >= 0.3 is 0 Å². The van der Waals surface area contributed by atoms with Gasteiger partial charge in [0.1, 0.15) is 5.54 Å². The molecular formula is C15H25Cl2N3O. The zero-order valence-corrected chi connectivity index (χ0v) is 14.2. The van der Waals surface area contributed by atoms with Gasteiger partial charge in [0, 0.05) is 19.1 Å². The molecule has 1 fully saturated rings. The number of nitrogens with one attached hydrogen (secondary N) is 1. The summed E-state index contributed by atoms with van der Waals surface area (Å²) in [6.45, 7) is 3.27. The molecule has 1 amide bonds. The summed E-state index contributed by atoms with van der Waals surface area (Å²) < 4.78 is 0. The Morgan fingerprint density at radius 2 is 1.90 bits per heavy atom. The van der Waals surface area contributed by atoms with Crippen LogP contribution in [0.15, 0.2) is 30.3 Å². The first-order valence-electron chi connectivity index (χ1n) is 6.85. The minimum atomic E-state index is -0.973. The molecule has 1 unspecified atom stereocenters. The van der Waals surface area contributed by atoms with Crippen LogP contribution in [-0.4, -0.2) is 37.0 Å². The SMILES string of the molecule is CN(CCNC(=O)C(C)(N)c1ccccc1)C1CC1.Cl.Cl. The third-order valence-electron chi connectivity index (χ3n) is 3.77. The van der Waals surface area contributed by atoms with E-state index in [0.717, 1.165) is 18.2 Å². The number of hydrogen-bond acceptors (Lipinski definition) is 3. The molecule has 1 aromatic rings. The van der Waals surface area contributed by atoms with Crippen molar-refractivity contribution in [2.45, 2.75) is 31.3 Å². The molecule has 0 bridgehead atoms. The van der Waals surface area contributed by atoms with Crippen LogP contribution in [0.1, 0.15) is 25.3 Å². The number of likely N-dealkylation sites (N-methyl/N-ethyl adjacent to an activating group) is 1. The van der Waals surface area contributed by atoms with E-state index in [-0.39, 0.29) is 30.7 Å². The molecule has 0 radical (unpaired) electrons. The molecule has 0 aliphatic heterocycles. The Morgan fingerprint density at radius 3 is 2.43 bits per heavy atom. The number of hydrogen-bond donors (Lipinski definition) is 2. The lowest BCUT2D eigenvalue weighted by atomic mass is 9.92. The molecule has 120 valence electrons. The van der Waals surface area contributed by atoms with Crippen LogP contribution in [0.5, 0.6) is 0 Å². The van der Waals surface area contributed by atoms with E-state index in [0.29, 0.717) is 6.54 Å². The van der Waals surface area contributed by atoms with Gasteiger partial charge in [-0.1, -0.05) is 30.3 Å². The summed E-state index contributed by atoms with van der Waals surface area (Å²) in [5, 5.41) is 2.93. The van der Waals surface area contributed by atoms with Gasteiger partial charge in [0.2, 0.25) is 5.91 Å². The highest BCUT2D eigenvalue weighted by atomic mass is 35.5. The van der Waals surface area contributed by atoms with Gasteiger partial charge in [-0.25, -0.2) is 0 Å². The van der Waals surface area contributed by atoms with Crippen LogP contribution in [0.25, 0.3) is 0 Å². The number of halogens is 2. The molecule has 1 aliphatic rings. The normalized spacial score (nSPS) is 16.4. The first-order valence-corrected chi connectivity index (χ1v) is 6.85. The van der Waals surface area contributed by atoms with E-state index in [1.54, 1.807) is 6.92 Å². The maximum absolute atomic E-state index is 12.2. The fourth-order valence-electron chi connectivity index (χ4n) is 2.14. The fraction of sp³-hybridized carbons (Fsp3) is 0.533. The fourth-order valence-corrected chi connectivity index (χ4v) is 2.14. The second-order valence-electron chi connectivity index (χ2n) is 5.54. The molecule has 4 nitrogen and oxygen atoms in total. The van der Waals surface area contributed by atoms with Crippen molar-refractivity contribution in [3.8, 4) is 0 Å². The van der Waals surface area contributed by atoms with Crippen molar-refractivity contribution in [2.24, 2.45) is 5.73 Å². The number of carbonyl (C=O) groups excluding carboxylic acids is 1. The maximum atomic E-state index is 12.2. The molecule has 6 heteroatoms. The van der Waals surface area contributed by atoms with Crippen molar-refractivity contribution in [2.75, 3.05) is 20.1 Å². The lowest BCUT2D eigenvalue weighted by molar-refractivity contribution is -0.126. The second-order valence-corrected chi connectivity index (χ2v) is 5.54. The van der Waals surface area contributed by atoms with Gasteiger partial charge in [-0.2, -0.15) is 0 Å². The van der Waals surface area contributed by atoms with Crippen LogP contribution in [0.3, 0.4) is 0 Å². The summed E-state index contributed by atoms with van der Waals surface area (Å²) in [5.74, 6) is -0.122. The van der Waals surface area contributed by atoms with E-state index in [4.69, 9.17) is 5.73 Å². The summed E-state index contributed by atoms with van der Waals surface area (Å²) in [6.07, 6.45) is 2.56. The van der Waals surface area contributed by atoms with E-state index in [2.05, 4.69) is 17.3 Å². The lowest BCUT2D eigenvalue weighted by Gasteiger charge is -2.25. The quantitative estimate of drug-likeness (QED) is 0.836. The van der Waals surface area contributed by atoms with Gasteiger partial charge in [-0.05, 0) is 32.4 Å². The van der Waals surface area contributed by atoms with E-state index >= 15 is 0 Å². The summed E-state index contributed by atoms with van der Waals surface area (Å²) in [7, 11) is 2.10. The van der Waals surface area contributed by atoms with Crippen molar-refractivity contribution >= 4 is 30.7 Å². The van der Waals surface area contributed by atoms with Crippen LogP contribution >= 0.6 is 24.8 Å². The zero-order chi connectivity index (χ0) is 13.9. The van der Waals surface area contributed by atoms with Crippen LogP contribution < -0.4 is 11.1 Å². The van der Waals surface area contributed by atoms with E-state index in [1.807, 2.05) is 30.3 Å². The number of benzene rings is 1. The highest BCUT2D eigenvalue weighted by Crippen LogP contribution is 2.24. The smallest absolute Gasteiger partial charge is 0.244 e. The molecule has 1 aliphatic carbocycles. The topological polar surface area (TPSA) is 58.4 Å². The van der Waals surface area contributed by atoms with Gasteiger partial charge in [-0.15, -0.1) is 24.8 Å². The monoisotopic (exact) mass is 333 g/mol. The molecule has 0 spiro atoms. The van der Waals surface area contributed by atoms with Crippen molar-refractivity contribution in [1.82, 2.24) is 10.2 Å². The minimum absolute atomic E-state index is 0. The van der Waals surface area contributed by atoms with E-state index < -0.39 is 5.54 Å². The first-order chi connectivity index (χ1) is 9.01. The van der Waals surface area contributed by atoms with E-state index in [1.165, 1.54) is 12.8 Å². The minimum Gasteiger partial charge on any atom is -0.353 e. The molecule has 21 heavy (non-hydrogen) atoms. The number of nitrogens with two attached hydrogens (primary N) is 1. The largest absolute Gasteiger partial charge is 0.353 e. The predicted octanol–water partition coefficient (Wildman–Crippen LogP) is 1.91. The zero-order valence-electron chi connectivity index (χ0n) is 12.5. The summed E-state index contributed by atoms with van der Waals surface area (Å²) >= 11 is 0. The molecule has 0 saturated heterocycles. The Morgan fingerprint density at radius 1 is 1.33 bits per heavy atom. The molecule has 1 atom stereocenters. The third-order valence-corrected chi connectivity index (χ3v) is 3.77. The van der Waals surface area contributed by atoms with Crippen molar-refractivity contribution < 1.29 is 4.79 Å². The van der Waals surface area contributed by atoms with Crippen LogP contribution in [-0.2, 0) is 10.3 Å². The van der Waals surface area contributed by atoms with Crippen LogP contribution in [0.4, 0.5) is 0 Å². The highest BCUT2D eigenvalue weighted by Gasteiger charge is 2.30. The molecule has 0 heterocycles. The maximum Gasteiger partial charge on any atom is 0.244 e. The molecular weight excluding hydrogens is 309 g/mol. The lowest BCUT2D eigenvalue weighted by Crippen LogP contribution is -2.50. The summed E-state index contributed by atoms with van der Waals surface area (Å²) in [6, 6.07) is 10.2. The number of carbonyl (C=O) groups is 1. The second kappa shape index (κ2) is 8.59. The van der Waals surface area contributed by atoms with Crippen molar-refractivity contribution in [1.29, 1.82) is 0 Å². The number of rotatable bonds is 6. The molecule has 1 saturated carbocycles. The van der Waals surface area contributed by atoms with Crippen LogP contribution in [0.2, 0.25) is 0 Å². The van der Waals surface area contributed by atoms with Gasteiger partial charge in [0.25, 0.3) is 0 Å². The average molecular weight is 334 g/mol. The highest BCUT2D eigenvalue weighted by molar-refractivity contribution is 5.87. The molecule has 1 aromatic carbocycles. The Labute approximate surface area is 139 Å². The predicted molar refractivity (Wildman–Crippen MR) is 91.1 cm³/mol. The number of nitrogens with zero attached hydrogens (tertiary/aromatic N) is 1. The summed E-state index contributed by atoms with van der Waals surface area (Å²) in [5.41, 5.74) is 6.01. The molecule has 3 N–H and O–H groups in total. The van der Waals surface area contributed by atoms with Gasteiger partial charge < -0.3 is 16.0 Å². The summed E-state index contributed by atoms with van der Waals surface area (Å²) in [4.78, 5) is 14.5. The average Bonchev–Trinajstić information content (AvgIpc) is 3.23. The first kappa shape index (κ1) is 20.2. The molecule has 2 rings (SSSR count). The standard InChI is InChI=1S/C15H23N3O.2ClH/c1-15(16,12-6-4-3-5-7-12)14(19)17-10-11-18(2)13-8-9-13;;/h3-7,13H,8-11,16H2,1-2H3,(H,17,19);2*1H. The van der Waals surface area contributed by atoms with Gasteiger partial charge in [-0.3, -0.25) is 4.79 Å². The van der Waals surface area contributed by atoms with E-state index in [9.17, 15) is 4.79 Å². The van der Waals surface area contributed by atoms with Crippen molar-refractivity contribution in [3.63, 3.8) is 0 Å². The Hall–Kier alpha value is -0.810. The Balaban J connectivity index is 0.00000200. The van der Waals surface area contributed by atoms with Gasteiger partial charge in [0.05, 0.1) is 0 Å². The van der Waals surface area contributed by atoms with Crippen LogP contribution in [0, 0.1) is 0 Å². The molecule has 0 aromatic heterocycles. The Bertz CT molecular complexity index is 436. The van der Waals surface area contributed by atoms with Crippen molar-refractivity contribution in [3.05, 3.63) is 35.9 Å². The number of amides is 1.